The number of aromatic nitrogens is 1. The van der Waals surface area contributed by atoms with E-state index in [2.05, 4.69) is 75.1 Å². The largest absolute Gasteiger partial charge is 0.473 e. The average molecular weight is 561 g/mol. The second-order valence-corrected chi connectivity index (χ2v) is 9.89. The topological polar surface area (TPSA) is 134 Å². The van der Waals surface area contributed by atoms with Crippen LogP contribution in [-0.2, 0) is 27.5 Å². The number of hydrogen-bond acceptors (Lipinski definition) is 7. The summed E-state index contributed by atoms with van der Waals surface area (Å²) in [6.07, 6.45) is 0. The van der Waals surface area contributed by atoms with Crippen molar-refractivity contribution in [2.24, 2.45) is 0 Å². The van der Waals surface area contributed by atoms with Gasteiger partial charge in [-0.3, -0.25) is 14.6 Å². The first-order chi connectivity index (χ1) is 19.8. The van der Waals surface area contributed by atoms with Gasteiger partial charge in [0.05, 0.1) is 6.54 Å². The van der Waals surface area contributed by atoms with Crippen LogP contribution >= 0.6 is 0 Å². The molecule has 11 heteroatoms. The Morgan fingerprint density at radius 2 is 1.49 bits per heavy atom. The number of para-hydroxylation sites is 1. The number of carboxylic acid groups (broad SMARTS) is 2. The highest BCUT2D eigenvalue weighted by Gasteiger charge is 2.21. The van der Waals surface area contributed by atoms with E-state index in [0.717, 1.165) is 56.5 Å². The number of benzene rings is 3. The molecular weight excluding hydrogens is 528 g/mol. The van der Waals surface area contributed by atoms with Gasteiger partial charge >= 0.3 is 11.9 Å². The SMILES string of the molecule is CCn1c2ccccc2c2cc(NC(=O)CN3CCN(Cc4ccc5c(c4)OCO5)CC3)ccc21.O=C(O)C(=O)O. The van der Waals surface area contributed by atoms with Gasteiger partial charge in [0, 0.05) is 66.8 Å². The van der Waals surface area contributed by atoms with E-state index < -0.39 is 11.9 Å². The number of amides is 1. The van der Waals surface area contributed by atoms with Crippen molar-refractivity contribution in [1.29, 1.82) is 0 Å². The fraction of sp³-hybridized carbons (Fsp3) is 0.300. The Balaban J connectivity index is 0.000000511. The molecule has 1 fully saturated rings. The summed E-state index contributed by atoms with van der Waals surface area (Å²) in [6.45, 7) is 8.29. The Bertz CT molecular complexity index is 1580. The van der Waals surface area contributed by atoms with Crippen molar-refractivity contribution in [1.82, 2.24) is 14.4 Å². The lowest BCUT2D eigenvalue weighted by atomic mass is 10.1. The highest BCUT2D eigenvalue weighted by atomic mass is 16.7. The number of ether oxygens (including phenoxy) is 2. The lowest BCUT2D eigenvalue weighted by molar-refractivity contribution is -0.159. The molecule has 3 heterocycles. The van der Waals surface area contributed by atoms with Gasteiger partial charge in [0.2, 0.25) is 12.7 Å². The zero-order valence-electron chi connectivity index (χ0n) is 22.7. The highest BCUT2D eigenvalue weighted by molar-refractivity contribution is 6.27. The molecule has 11 nitrogen and oxygen atoms in total. The number of rotatable bonds is 6. The summed E-state index contributed by atoms with van der Waals surface area (Å²) in [7, 11) is 0. The third kappa shape index (κ3) is 6.42. The predicted molar refractivity (Wildman–Crippen MR) is 153 cm³/mol. The van der Waals surface area contributed by atoms with Crippen molar-refractivity contribution in [2.45, 2.75) is 20.0 Å². The summed E-state index contributed by atoms with van der Waals surface area (Å²) in [5.41, 5.74) is 4.50. The second-order valence-electron chi connectivity index (χ2n) is 9.89. The first-order valence-corrected chi connectivity index (χ1v) is 13.4. The molecule has 3 N–H and O–H groups in total. The van der Waals surface area contributed by atoms with Crippen LogP contribution < -0.4 is 14.8 Å². The number of anilines is 1. The van der Waals surface area contributed by atoms with E-state index in [9.17, 15) is 4.79 Å². The van der Waals surface area contributed by atoms with Crippen molar-refractivity contribution in [2.75, 3.05) is 44.8 Å². The van der Waals surface area contributed by atoms with E-state index in [1.54, 1.807) is 0 Å². The minimum absolute atomic E-state index is 0.0350. The standard InChI is InChI=1S/C28H30N4O3.C2H2O4/c1-2-32-24-6-4-3-5-22(24)23-16-21(8-9-25(23)32)29-28(33)18-31-13-11-30(12-14-31)17-20-7-10-26-27(15-20)35-19-34-26;3-1(4)2(5)6/h3-10,15-16H,2,11-14,17-19H2,1H3,(H,29,33);(H,3,4)(H,5,6). The van der Waals surface area contributed by atoms with Crippen LogP contribution in [0, 0.1) is 0 Å². The number of piperazine rings is 1. The molecule has 6 rings (SSSR count). The lowest BCUT2D eigenvalue weighted by Crippen LogP contribution is -2.48. The zero-order valence-corrected chi connectivity index (χ0v) is 22.7. The van der Waals surface area contributed by atoms with E-state index in [1.807, 2.05) is 12.1 Å². The summed E-state index contributed by atoms with van der Waals surface area (Å²) in [4.78, 5) is 35.7. The van der Waals surface area contributed by atoms with Gasteiger partial charge in [0.1, 0.15) is 0 Å². The summed E-state index contributed by atoms with van der Waals surface area (Å²) in [5, 5.41) is 20.3. The van der Waals surface area contributed by atoms with Crippen molar-refractivity contribution >= 4 is 45.3 Å². The Morgan fingerprint density at radius 1 is 0.805 bits per heavy atom. The van der Waals surface area contributed by atoms with Crippen LogP contribution in [0.1, 0.15) is 12.5 Å². The molecule has 214 valence electrons. The van der Waals surface area contributed by atoms with Crippen LogP contribution in [-0.4, -0.2) is 81.9 Å². The fourth-order valence-electron chi connectivity index (χ4n) is 5.28. The molecule has 41 heavy (non-hydrogen) atoms. The minimum Gasteiger partial charge on any atom is -0.473 e. The van der Waals surface area contributed by atoms with E-state index in [-0.39, 0.29) is 5.91 Å². The number of carbonyl (C=O) groups is 3. The molecule has 1 saturated heterocycles. The highest BCUT2D eigenvalue weighted by Crippen LogP contribution is 2.33. The first-order valence-electron chi connectivity index (χ1n) is 13.4. The Hall–Kier alpha value is -4.61. The predicted octanol–water partition coefficient (Wildman–Crippen LogP) is 3.46. The van der Waals surface area contributed by atoms with Gasteiger partial charge < -0.3 is 29.6 Å². The summed E-state index contributed by atoms with van der Waals surface area (Å²) < 4.78 is 13.2. The van der Waals surface area contributed by atoms with Crippen molar-refractivity contribution < 1.29 is 34.1 Å². The van der Waals surface area contributed by atoms with Gasteiger partial charge in [-0.25, -0.2) is 9.59 Å². The van der Waals surface area contributed by atoms with E-state index in [1.165, 1.54) is 27.4 Å². The van der Waals surface area contributed by atoms with Gasteiger partial charge in [-0.15, -0.1) is 0 Å². The van der Waals surface area contributed by atoms with Crippen LogP contribution in [0.5, 0.6) is 11.5 Å². The molecule has 0 unspecified atom stereocenters. The van der Waals surface area contributed by atoms with Crippen molar-refractivity contribution in [3.63, 3.8) is 0 Å². The van der Waals surface area contributed by atoms with Crippen LogP contribution in [0.25, 0.3) is 21.8 Å². The van der Waals surface area contributed by atoms with Gasteiger partial charge in [0.15, 0.2) is 11.5 Å². The molecule has 2 aliphatic heterocycles. The van der Waals surface area contributed by atoms with E-state index in [4.69, 9.17) is 29.3 Å². The van der Waals surface area contributed by atoms with Gasteiger partial charge in [0.25, 0.3) is 0 Å². The van der Waals surface area contributed by atoms with Crippen LogP contribution in [0.15, 0.2) is 60.7 Å². The molecule has 0 spiro atoms. The molecule has 0 bridgehead atoms. The summed E-state index contributed by atoms with van der Waals surface area (Å²) in [5.74, 6) is -1.96. The number of fused-ring (bicyclic) bond motifs is 4. The molecule has 1 amide bonds. The Labute approximate surface area is 236 Å². The fourth-order valence-corrected chi connectivity index (χ4v) is 5.28. The first kappa shape index (κ1) is 27.9. The third-order valence-electron chi connectivity index (χ3n) is 7.23. The maximum Gasteiger partial charge on any atom is 0.414 e. The number of carbonyl (C=O) groups excluding carboxylic acids is 1. The molecule has 0 saturated carbocycles. The van der Waals surface area contributed by atoms with Crippen molar-refractivity contribution in [3.8, 4) is 11.5 Å². The quantitative estimate of drug-likeness (QED) is 0.303. The molecule has 0 atom stereocenters. The number of nitrogens with one attached hydrogen (secondary N) is 1. The van der Waals surface area contributed by atoms with Gasteiger partial charge in [-0.2, -0.15) is 0 Å². The molecule has 3 aromatic carbocycles. The molecule has 0 aliphatic carbocycles. The number of aliphatic carboxylic acids is 2. The summed E-state index contributed by atoms with van der Waals surface area (Å²) >= 11 is 0. The Morgan fingerprint density at radius 3 is 2.22 bits per heavy atom. The molecule has 0 radical (unpaired) electrons. The minimum atomic E-state index is -1.82. The van der Waals surface area contributed by atoms with Crippen LogP contribution in [0.3, 0.4) is 0 Å². The van der Waals surface area contributed by atoms with Crippen molar-refractivity contribution in [3.05, 3.63) is 66.2 Å². The maximum atomic E-state index is 12.8. The van der Waals surface area contributed by atoms with Gasteiger partial charge in [-0.1, -0.05) is 24.3 Å². The number of carboxylic acids is 2. The number of aryl methyl sites for hydroxylation is 1. The lowest BCUT2D eigenvalue weighted by Gasteiger charge is -2.34. The second kappa shape index (κ2) is 12.3. The molecular formula is C30H32N4O7. The molecule has 2 aliphatic rings. The smallest absolute Gasteiger partial charge is 0.414 e. The normalized spacial score (nSPS) is 15.0. The zero-order chi connectivity index (χ0) is 28.9. The monoisotopic (exact) mass is 560 g/mol. The van der Waals surface area contributed by atoms with E-state index >= 15 is 0 Å². The molecule has 1 aromatic heterocycles. The maximum absolute atomic E-state index is 12.8. The summed E-state index contributed by atoms with van der Waals surface area (Å²) in [6, 6.07) is 20.8. The Kier molecular flexibility index (Phi) is 8.37. The molecule has 4 aromatic rings. The number of hydrogen-bond donors (Lipinski definition) is 3. The van der Waals surface area contributed by atoms with Crippen LogP contribution in [0.2, 0.25) is 0 Å². The third-order valence-corrected chi connectivity index (χ3v) is 7.23. The van der Waals surface area contributed by atoms with E-state index in [0.29, 0.717) is 13.3 Å². The van der Waals surface area contributed by atoms with Gasteiger partial charge in [-0.05, 0) is 48.9 Å². The number of nitrogens with zero attached hydrogens (tertiary/aromatic N) is 3. The average Bonchev–Trinajstić information content (AvgIpc) is 3.56. The van der Waals surface area contributed by atoms with Crippen LogP contribution in [0.4, 0.5) is 5.69 Å².